The van der Waals surface area contributed by atoms with Crippen molar-refractivity contribution in [2.75, 3.05) is 27.5 Å². The van der Waals surface area contributed by atoms with Gasteiger partial charge in [-0.3, -0.25) is 18.7 Å². The first-order valence-corrected chi connectivity index (χ1v) is 22.3. The van der Waals surface area contributed by atoms with Crippen LogP contribution in [-0.4, -0.2) is 91.6 Å². The van der Waals surface area contributed by atoms with E-state index in [0.29, 0.717) is 46.9 Å². The lowest BCUT2D eigenvalue weighted by Gasteiger charge is -2.17. The van der Waals surface area contributed by atoms with Gasteiger partial charge in [0.25, 0.3) is 11.1 Å². The molecule has 0 amide bonds. The van der Waals surface area contributed by atoms with Gasteiger partial charge in [-0.25, -0.2) is 39.5 Å². The number of nitrogens with one attached hydrogen (secondary N) is 4. The third-order valence-corrected chi connectivity index (χ3v) is 12.9. The first-order chi connectivity index (χ1) is 31.0. The molecule has 6 atom stereocenters. The molecule has 328 valence electrons. The third kappa shape index (κ3) is 9.29. The number of carboxylic acid groups (broad SMARTS) is 2. The SMILES string of the molecule is CSc1cnc(N[C@H]2CC[C@H](Nc3ccc(-n4cc(C(=O)O)cc(C5CC5c5cnc(N[C@H]6CC[C@H](Nc7cc(C)c(-n8cc(C(=O)O)ccc8=O)cn7)C6)nc5)c4=O)cn3)C2)nc1. The Balaban J connectivity index is 0.794. The van der Waals surface area contributed by atoms with Gasteiger partial charge in [-0.1, -0.05) is 0 Å². The number of hydrogen-bond donors (Lipinski definition) is 6. The van der Waals surface area contributed by atoms with E-state index in [1.807, 2.05) is 37.7 Å². The Labute approximate surface area is 371 Å². The first-order valence-electron chi connectivity index (χ1n) is 21.1. The molecule has 9 rings (SSSR count). The van der Waals surface area contributed by atoms with E-state index in [2.05, 4.69) is 51.2 Å². The van der Waals surface area contributed by atoms with Crippen LogP contribution in [0.3, 0.4) is 0 Å². The lowest BCUT2D eigenvalue weighted by Crippen LogP contribution is -2.24. The van der Waals surface area contributed by atoms with Gasteiger partial charge in [0, 0.05) is 77.9 Å². The molecule has 3 saturated carbocycles. The number of thioether (sulfide) groups is 1. The number of carbonyl (C=O) groups is 2. The fourth-order valence-corrected chi connectivity index (χ4v) is 9.07. The number of anilines is 4. The van der Waals surface area contributed by atoms with Gasteiger partial charge in [-0.15, -0.1) is 11.8 Å². The molecule has 19 heteroatoms. The van der Waals surface area contributed by atoms with Crippen LogP contribution in [0, 0.1) is 6.92 Å². The Kier molecular flexibility index (Phi) is 11.8. The van der Waals surface area contributed by atoms with Crippen molar-refractivity contribution in [3.63, 3.8) is 0 Å². The molecule has 3 aliphatic carbocycles. The standard InChI is InChI=1S/C45H46N12O6S/c1-24-11-39(47-21-37(24)57-22-25(42(60)61)3-10-40(57)58)53-29-5-7-31(14-29)54-44-48-16-27(17-49-44)34-15-35(34)36-12-26(43(62)63)23-56(41(36)59)32-8-9-38(46-18-32)52-28-4-6-30(13-28)55-45-50-19-33(64-2)20-51-45/h3,8-12,16-23,28-31,34-35H,4-7,13-15H2,1-2H3,(H,46,52)(H,47,53)(H,60,61)(H,62,63)(H,48,49,54)(H,50,51,55)/t28-,29-,30-,31-,34?,35?/m0/s1. The minimum absolute atomic E-state index is 0.00744. The van der Waals surface area contributed by atoms with Crippen molar-refractivity contribution >= 4 is 47.2 Å². The summed E-state index contributed by atoms with van der Waals surface area (Å²) in [5.74, 6) is -0.0253. The Hall–Kier alpha value is -7.15. The van der Waals surface area contributed by atoms with Crippen LogP contribution in [0.1, 0.15) is 94.2 Å². The second-order valence-corrected chi connectivity index (χ2v) is 17.5. The fourth-order valence-electron chi connectivity index (χ4n) is 8.75. The third-order valence-electron chi connectivity index (χ3n) is 12.2. The Morgan fingerprint density at radius 2 is 1.23 bits per heavy atom. The molecule has 6 heterocycles. The number of hydrogen-bond acceptors (Lipinski definition) is 15. The molecule has 0 spiro atoms. The van der Waals surface area contributed by atoms with Crippen LogP contribution in [-0.2, 0) is 0 Å². The normalized spacial score (nSPS) is 21.3. The fraction of sp³-hybridized carbons (Fsp3) is 0.333. The second-order valence-electron chi connectivity index (χ2n) is 16.6. The van der Waals surface area contributed by atoms with Gasteiger partial charge in [-0.2, -0.15) is 0 Å². The lowest BCUT2D eigenvalue weighted by molar-refractivity contribution is 0.0685. The summed E-state index contributed by atoms with van der Waals surface area (Å²) in [5.41, 5.74) is 2.44. The monoisotopic (exact) mass is 882 g/mol. The first kappa shape index (κ1) is 42.2. The summed E-state index contributed by atoms with van der Waals surface area (Å²) >= 11 is 1.60. The van der Waals surface area contributed by atoms with E-state index in [-0.39, 0.29) is 58.2 Å². The molecular formula is C45H46N12O6S. The summed E-state index contributed by atoms with van der Waals surface area (Å²) in [6, 6.07) is 10.1. The number of carboxylic acids is 2. The number of nitrogens with zero attached hydrogens (tertiary/aromatic N) is 8. The summed E-state index contributed by atoms with van der Waals surface area (Å²) in [7, 11) is 0. The zero-order valence-electron chi connectivity index (χ0n) is 35.0. The van der Waals surface area contributed by atoms with Gasteiger partial charge in [0.05, 0.1) is 34.9 Å². The van der Waals surface area contributed by atoms with Gasteiger partial charge in [0.15, 0.2) is 0 Å². The molecule has 6 aromatic heterocycles. The van der Waals surface area contributed by atoms with Crippen molar-refractivity contribution in [2.24, 2.45) is 0 Å². The smallest absolute Gasteiger partial charge is 0.337 e. The summed E-state index contributed by atoms with van der Waals surface area (Å²) in [6.45, 7) is 1.85. The molecule has 0 aromatic carbocycles. The highest BCUT2D eigenvalue weighted by Crippen LogP contribution is 2.53. The van der Waals surface area contributed by atoms with Crippen LogP contribution in [0.2, 0.25) is 0 Å². The Morgan fingerprint density at radius 3 is 1.83 bits per heavy atom. The van der Waals surface area contributed by atoms with Crippen molar-refractivity contribution in [1.82, 2.24) is 39.0 Å². The van der Waals surface area contributed by atoms with Crippen LogP contribution in [0.25, 0.3) is 11.4 Å². The van der Waals surface area contributed by atoms with Gasteiger partial charge in [0.2, 0.25) is 11.9 Å². The summed E-state index contributed by atoms with van der Waals surface area (Å²) in [4.78, 5) is 78.2. The highest BCUT2D eigenvalue weighted by atomic mass is 32.2. The van der Waals surface area contributed by atoms with E-state index < -0.39 is 11.9 Å². The van der Waals surface area contributed by atoms with Crippen LogP contribution in [0.15, 0.2) is 100 Å². The molecule has 0 saturated heterocycles. The van der Waals surface area contributed by atoms with Crippen molar-refractivity contribution < 1.29 is 19.8 Å². The van der Waals surface area contributed by atoms with Crippen molar-refractivity contribution in [3.8, 4) is 11.4 Å². The summed E-state index contributed by atoms with van der Waals surface area (Å²) in [6.07, 6.45) is 20.9. The molecule has 6 aromatic rings. The molecular weight excluding hydrogens is 837 g/mol. The summed E-state index contributed by atoms with van der Waals surface area (Å²) < 4.78 is 2.66. The minimum Gasteiger partial charge on any atom is -0.478 e. The van der Waals surface area contributed by atoms with Crippen molar-refractivity contribution in [3.05, 3.63) is 134 Å². The van der Waals surface area contributed by atoms with Crippen molar-refractivity contribution in [2.45, 2.75) is 92.8 Å². The largest absolute Gasteiger partial charge is 0.478 e. The lowest BCUT2D eigenvalue weighted by atomic mass is 10.1. The zero-order valence-corrected chi connectivity index (χ0v) is 35.8. The van der Waals surface area contributed by atoms with Gasteiger partial charge in [0.1, 0.15) is 11.6 Å². The molecule has 6 N–H and O–H groups in total. The van der Waals surface area contributed by atoms with E-state index in [9.17, 15) is 29.4 Å². The number of aromatic nitrogens is 8. The topological polar surface area (TPSA) is 244 Å². The maximum absolute atomic E-state index is 13.9. The number of rotatable bonds is 15. The Morgan fingerprint density at radius 1 is 0.641 bits per heavy atom. The van der Waals surface area contributed by atoms with Crippen LogP contribution in [0.4, 0.5) is 23.5 Å². The number of aryl methyl sites for hydroxylation is 1. The van der Waals surface area contributed by atoms with E-state index in [4.69, 9.17) is 0 Å². The molecule has 64 heavy (non-hydrogen) atoms. The van der Waals surface area contributed by atoms with Gasteiger partial charge < -0.3 is 31.5 Å². The predicted molar refractivity (Wildman–Crippen MR) is 242 cm³/mol. The maximum atomic E-state index is 13.9. The Bertz CT molecular complexity index is 2820. The molecule has 3 aliphatic rings. The van der Waals surface area contributed by atoms with E-state index in [1.165, 1.54) is 39.7 Å². The minimum atomic E-state index is -1.13. The molecule has 0 bridgehead atoms. The number of pyridine rings is 4. The van der Waals surface area contributed by atoms with E-state index in [1.54, 1.807) is 42.6 Å². The maximum Gasteiger partial charge on any atom is 0.337 e. The summed E-state index contributed by atoms with van der Waals surface area (Å²) in [5, 5.41) is 33.2. The van der Waals surface area contributed by atoms with E-state index in [0.717, 1.165) is 54.5 Å². The average molecular weight is 883 g/mol. The molecule has 0 aliphatic heterocycles. The van der Waals surface area contributed by atoms with Gasteiger partial charge >= 0.3 is 11.9 Å². The molecule has 18 nitrogen and oxygen atoms in total. The zero-order chi connectivity index (χ0) is 44.5. The quantitative estimate of drug-likeness (QED) is 0.0653. The average Bonchev–Trinajstić information content (AvgIpc) is 3.76. The van der Waals surface area contributed by atoms with E-state index >= 15 is 0 Å². The molecule has 2 unspecified atom stereocenters. The molecule has 3 fully saturated rings. The van der Waals surface area contributed by atoms with Crippen molar-refractivity contribution in [1.29, 1.82) is 0 Å². The van der Waals surface area contributed by atoms with Crippen LogP contribution < -0.4 is 32.4 Å². The van der Waals surface area contributed by atoms with Crippen LogP contribution >= 0.6 is 11.8 Å². The number of aromatic carboxylic acids is 2. The highest BCUT2D eigenvalue weighted by molar-refractivity contribution is 7.98. The predicted octanol–water partition coefficient (Wildman–Crippen LogP) is 5.95. The second kappa shape index (κ2) is 17.9. The van der Waals surface area contributed by atoms with Gasteiger partial charge in [-0.05, 0) is 111 Å². The highest BCUT2D eigenvalue weighted by Gasteiger charge is 2.42. The van der Waals surface area contributed by atoms with Crippen LogP contribution in [0.5, 0.6) is 0 Å². The molecule has 0 radical (unpaired) electrons.